The number of aromatic nitrogens is 4. The Morgan fingerprint density at radius 1 is 1.36 bits per heavy atom. The van der Waals surface area contributed by atoms with Gasteiger partial charge in [0.25, 0.3) is 0 Å². The Hall–Kier alpha value is -2.41. The molecule has 1 amide bonds. The van der Waals surface area contributed by atoms with E-state index >= 15 is 0 Å². The van der Waals surface area contributed by atoms with Gasteiger partial charge in [-0.3, -0.25) is 9.48 Å². The fourth-order valence-electron chi connectivity index (χ4n) is 2.04. The average molecular weight is 360 g/mol. The molecular formula is C15H14BrN5O. The minimum Gasteiger partial charge on any atom is -0.347 e. The number of pyridine rings is 1. The summed E-state index contributed by atoms with van der Waals surface area (Å²) in [7, 11) is 1.83. The second-order valence-electron chi connectivity index (χ2n) is 4.84. The lowest BCUT2D eigenvalue weighted by Gasteiger charge is -1.97. The predicted molar refractivity (Wildman–Crippen MR) is 87.0 cm³/mol. The maximum Gasteiger partial charge on any atom is 0.244 e. The molecule has 3 rings (SSSR count). The maximum absolute atomic E-state index is 11.8. The molecule has 0 aromatic carbocycles. The number of aryl methyl sites for hydroxylation is 1. The first kappa shape index (κ1) is 14.5. The van der Waals surface area contributed by atoms with Crippen molar-refractivity contribution < 1.29 is 4.79 Å². The van der Waals surface area contributed by atoms with Crippen LogP contribution in [0.5, 0.6) is 0 Å². The number of hydrogen-bond acceptors (Lipinski definition) is 3. The van der Waals surface area contributed by atoms with Gasteiger partial charge >= 0.3 is 0 Å². The van der Waals surface area contributed by atoms with Crippen molar-refractivity contribution in [1.82, 2.24) is 24.5 Å². The summed E-state index contributed by atoms with van der Waals surface area (Å²) in [6.07, 6.45) is 10.6. The number of rotatable bonds is 4. The Kier molecular flexibility index (Phi) is 4.06. The van der Waals surface area contributed by atoms with Crippen LogP contribution in [0.25, 0.3) is 11.7 Å². The topological polar surface area (TPSA) is 64.2 Å². The molecule has 3 aromatic rings. The van der Waals surface area contributed by atoms with Crippen LogP contribution in [-0.2, 0) is 18.4 Å². The van der Waals surface area contributed by atoms with E-state index in [0.717, 1.165) is 21.4 Å². The number of nitrogens with zero attached hydrogens (tertiary/aromatic N) is 4. The standard InChI is InChI=1S/C15H14BrN5O/c1-20-8-11(6-18-20)2-5-15(22)17-7-13-10-21-9-12(16)3-4-14(21)19-13/h2-6,8-10H,7H2,1H3,(H,17,22)/b5-2+. The summed E-state index contributed by atoms with van der Waals surface area (Å²) in [5, 5.41) is 6.85. The molecule has 0 aliphatic heterocycles. The van der Waals surface area contributed by atoms with Crippen molar-refractivity contribution in [2.75, 3.05) is 0 Å². The lowest BCUT2D eigenvalue weighted by atomic mass is 10.3. The van der Waals surface area contributed by atoms with E-state index in [1.165, 1.54) is 6.08 Å². The van der Waals surface area contributed by atoms with Crippen molar-refractivity contribution in [2.45, 2.75) is 6.54 Å². The van der Waals surface area contributed by atoms with E-state index < -0.39 is 0 Å². The first-order chi connectivity index (χ1) is 10.6. The minimum atomic E-state index is -0.165. The van der Waals surface area contributed by atoms with Crippen LogP contribution in [0.2, 0.25) is 0 Å². The SMILES string of the molecule is Cn1cc(/C=C/C(=O)NCc2cn3cc(Br)ccc3n2)cn1. The number of nitrogens with one attached hydrogen (secondary N) is 1. The largest absolute Gasteiger partial charge is 0.347 e. The van der Waals surface area contributed by atoms with E-state index in [0.29, 0.717) is 6.54 Å². The smallest absolute Gasteiger partial charge is 0.244 e. The van der Waals surface area contributed by atoms with Gasteiger partial charge < -0.3 is 9.72 Å². The molecule has 0 radical (unpaired) electrons. The van der Waals surface area contributed by atoms with Crippen LogP contribution in [0.3, 0.4) is 0 Å². The Labute approximate surface area is 135 Å². The molecule has 0 saturated heterocycles. The molecule has 0 aliphatic rings. The quantitative estimate of drug-likeness (QED) is 0.726. The van der Waals surface area contributed by atoms with E-state index in [-0.39, 0.29) is 5.91 Å². The van der Waals surface area contributed by atoms with Crippen molar-refractivity contribution in [1.29, 1.82) is 0 Å². The molecule has 0 aliphatic carbocycles. The van der Waals surface area contributed by atoms with E-state index in [2.05, 4.69) is 31.3 Å². The molecule has 0 bridgehead atoms. The maximum atomic E-state index is 11.8. The number of carbonyl (C=O) groups excluding carboxylic acids is 1. The second-order valence-corrected chi connectivity index (χ2v) is 5.76. The molecule has 0 saturated carbocycles. The molecule has 0 atom stereocenters. The number of halogens is 1. The minimum absolute atomic E-state index is 0.165. The summed E-state index contributed by atoms with van der Waals surface area (Å²) in [5.74, 6) is -0.165. The summed E-state index contributed by atoms with van der Waals surface area (Å²) in [6, 6.07) is 3.85. The van der Waals surface area contributed by atoms with Crippen molar-refractivity contribution in [3.8, 4) is 0 Å². The zero-order valence-corrected chi connectivity index (χ0v) is 13.5. The number of carbonyl (C=O) groups is 1. The normalized spacial score (nSPS) is 11.4. The van der Waals surface area contributed by atoms with E-state index in [9.17, 15) is 4.79 Å². The van der Waals surface area contributed by atoms with Crippen LogP contribution in [0.1, 0.15) is 11.3 Å². The number of fused-ring (bicyclic) bond motifs is 1. The molecule has 3 heterocycles. The zero-order valence-electron chi connectivity index (χ0n) is 11.9. The van der Waals surface area contributed by atoms with Gasteiger partial charge in [0.1, 0.15) is 5.65 Å². The van der Waals surface area contributed by atoms with Gasteiger partial charge in [-0.1, -0.05) is 0 Å². The fraction of sp³-hybridized carbons (Fsp3) is 0.133. The van der Waals surface area contributed by atoms with E-state index in [4.69, 9.17) is 0 Å². The molecule has 22 heavy (non-hydrogen) atoms. The highest BCUT2D eigenvalue weighted by Gasteiger charge is 2.03. The Morgan fingerprint density at radius 3 is 3.00 bits per heavy atom. The molecule has 3 aromatic heterocycles. The van der Waals surface area contributed by atoms with Gasteiger partial charge in [-0.15, -0.1) is 0 Å². The van der Waals surface area contributed by atoms with Crippen molar-refractivity contribution >= 4 is 33.6 Å². The lowest BCUT2D eigenvalue weighted by Crippen LogP contribution is -2.20. The van der Waals surface area contributed by atoms with E-state index in [1.54, 1.807) is 17.0 Å². The first-order valence-electron chi connectivity index (χ1n) is 6.68. The average Bonchev–Trinajstić information content (AvgIpc) is 3.08. The summed E-state index contributed by atoms with van der Waals surface area (Å²) in [4.78, 5) is 16.2. The van der Waals surface area contributed by atoms with Crippen LogP contribution in [0.4, 0.5) is 0 Å². The zero-order chi connectivity index (χ0) is 15.5. The van der Waals surface area contributed by atoms with Crippen LogP contribution in [0.15, 0.2) is 47.5 Å². The summed E-state index contributed by atoms with van der Waals surface area (Å²) in [5.41, 5.74) is 2.54. The number of amides is 1. The fourth-order valence-corrected chi connectivity index (χ4v) is 2.39. The predicted octanol–water partition coefficient (Wildman–Crippen LogP) is 2.16. The third-order valence-electron chi connectivity index (χ3n) is 3.06. The highest BCUT2D eigenvalue weighted by atomic mass is 79.9. The molecule has 7 heteroatoms. The van der Waals surface area contributed by atoms with Gasteiger partial charge in [0.05, 0.1) is 18.4 Å². The third kappa shape index (κ3) is 3.43. The molecule has 1 N–H and O–H groups in total. The van der Waals surface area contributed by atoms with Gasteiger partial charge in [-0.25, -0.2) is 4.98 Å². The summed E-state index contributed by atoms with van der Waals surface area (Å²) >= 11 is 3.41. The monoisotopic (exact) mass is 359 g/mol. The van der Waals surface area contributed by atoms with Gasteiger partial charge in [0.2, 0.25) is 5.91 Å². The summed E-state index contributed by atoms with van der Waals surface area (Å²) < 4.78 is 4.58. The molecule has 0 fully saturated rings. The van der Waals surface area contributed by atoms with Crippen LogP contribution in [-0.4, -0.2) is 25.1 Å². The van der Waals surface area contributed by atoms with Crippen molar-refractivity contribution in [3.05, 3.63) is 58.7 Å². The molecule has 0 spiro atoms. The first-order valence-corrected chi connectivity index (χ1v) is 7.47. The number of imidazole rings is 1. The van der Waals surface area contributed by atoms with Crippen LogP contribution < -0.4 is 5.32 Å². The molecule has 112 valence electrons. The van der Waals surface area contributed by atoms with Gasteiger partial charge in [0, 0.05) is 41.8 Å². The molecule has 6 nitrogen and oxygen atoms in total. The van der Waals surface area contributed by atoms with Gasteiger partial charge in [-0.2, -0.15) is 5.10 Å². The number of hydrogen-bond donors (Lipinski definition) is 1. The Balaban J connectivity index is 1.61. The van der Waals surface area contributed by atoms with Crippen molar-refractivity contribution in [2.24, 2.45) is 7.05 Å². The van der Waals surface area contributed by atoms with Crippen molar-refractivity contribution in [3.63, 3.8) is 0 Å². The Morgan fingerprint density at radius 2 is 2.23 bits per heavy atom. The second kappa shape index (κ2) is 6.15. The lowest BCUT2D eigenvalue weighted by molar-refractivity contribution is -0.116. The van der Waals surface area contributed by atoms with Crippen LogP contribution in [0, 0.1) is 0 Å². The molecule has 0 unspecified atom stereocenters. The van der Waals surface area contributed by atoms with Gasteiger partial charge in [0.15, 0.2) is 0 Å². The van der Waals surface area contributed by atoms with E-state index in [1.807, 2.05) is 42.2 Å². The van der Waals surface area contributed by atoms with Crippen LogP contribution >= 0.6 is 15.9 Å². The van der Waals surface area contributed by atoms with Gasteiger partial charge in [-0.05, 0) is 34.1 Å². The third-order valence-corrected chi connectivity index (χ3v) is 3.53. The Bertz CT molecular complexity index is 849. The highest BCUT2D eigenvalue weighted by Crippen LogP contribution is 2.12. The molecular weight excluding hydrogens is 346 g/mol. The highest BCUT2D eigenvalue weighted by molar-refractivity contribution is 9.10. The summed E-state index contributed by atoms with van der Waals surface area (Å²) in [6.45, 7) is 0.384.